The van der Waals surface area contributed by atoms with Gasteiger partial charge in [0.05, 0.1) is 44.2 Å². The van der Waals surface area contributed by atoms with Crippen molar-refractivity contribution in [2.24, 2.45) is 0 Å². The van der Waals surface area contributed by atoms with E-state index < -0.39 is 15.0 Å². The SMILES string of the molecule is COc1cc(C2CSC(c3cc(OC)c(OCCOS(C)(=O)=O)c([N+](=O)[O-])c3)S2)cc(OC)c1OC. The Morgan fingerprint density at radius 1 is 0.917 bits per heavy atom. The first-order chi connectivity index (χ1) is 17.1. The Labute approximate surface area is 218 Å². The molecule has 1 fully saturated rings. The molecule has 1 heterocycles. The zero-order valence-corrected chi connectivity index (χ0v) is 22.8. The fourth-order valence-corrected chi connectivity index (χ4v) is 7.17. The van der Waals surface area contributed by atoms with E-state index in [1.165, 1.54) is 13.2 Å². The molecule has 3 rings (SSSR count). The predicted octanol–water partition coefficient (Wildman–Crippen LogP) is 4.20. The van der Waals surface area contributed by atoms with Gasteiger partial charge in [0.1, 0.15) is 13.2 Å². The highest BCUT2D eigenvalue weighted by molar-refractivity contribution is 8.19. The molecule has 11 nitrogen and oxygen atoms in total. The molecule has 2 atom stereocenters. The summed E-state index contributed by atoms with van der Waals surface area (Å²) in [5, 5.41) is 11.9. The van der Waals surface area contributed by atoms with E-state index in [1.807, 2.05) is 12.1 Å². The van der Waals surface area contributed by atoms with Crippen LogP contribution >= 0.6 is 23.5 Å². The summed E-state index contributed by atoms with van der Waals surface area (Å²) in [4.78, 5) is 11.3. The first-order valence-electron chi connectivity index (χ1n) is 10.5. The van der Waals surface area contributed by atoms with Gasteiger partial charge in [-0.15, -0.1) is 23.5 Å². The summed E-state index contributed by atoms with van der Waals surface area (Å²) in [6.07, 6.45) is 0.910. The normalized spacial score (nSPS) is 17.5. The van der Waals surface area contributed by atoms with Gasteiger partial charge in [0.2, 0.25) is 11.5 Å². The van der Waals surface area contributed by atoms with Crippen LogP contribution in [0, 0.1) is 10.1 Å². The smallest absolute Gasteiger partial charge is 0.315 e. The first kappa shape index (κ1) is 28.0. The number of methoxy groups -OCH3 is 4. The molecule has 2 aromatic rings. The molecule has 0 N–H and O–H groups in total. The van der Waals surface area contributed by atoms with Crippen molar-refractivity contribution in [2.75, 3.05) is 53.7 Å². The summed E-state index contributed by atoms with van der Waals surface area (Å²) >= 11 is 3.29. The molecular weight excluding hydrogens is 534 g/mol. The average Bonchev–Trinajstić information content (AvgIpc) is 3.35. The summed E-state index contributed by atoms with van der Waals surface area (Å²) in [5.74, 6) is 2.46. The molecule has 1 aliphatic rings. The van der Waals surface area contributed by atoms with E-state index in [1.54, 1.807) is 50.9 Å². The van der Waals surface area contributed by atoms with E-state index in [4.69, 9.17) is 23.7 Å². The molecule has 0 radical (unpaired) electrons. The third kappa shape index (κ3) is 6.60. The van der Waals surface area contributed by atoms with E-state index in [-0.39, 0.29) is 40.2 Å². The Balaban J connectivity index is 1.85. The summed E-state index contributed by atoms with van der Waals surface area (Å²) < 4.78 is 54.0. The predicted molar refractivity (Wildman–Crippen MR) is 138 cm³/mol. The highest BCUT2D eigenvalue weighted by Gasteiger charge is 2.33. The number of nitrogens with zero attached hydrogens (tertiary/aromatic N) is 1. The van der Waals surface area contributed by atoms with Crippen molar-refractivity contribution in [3.8, 4) is 28.7 Å². The van der Waals surface area contributed by atoms with Crippen LogP contribution in [0.4, 0.5) is 5.69 Å². The zero-order valence-electron chi connectivity index (χ0n) is 20.3. The number of nitro benzene ring substituents is 1. The molecule has 2 unspecified atom stereocenters. The van der Waals surface area contributed by atoms with Crippen molar-refractivity contribution >= 4 is 39.3 Å². The van der Waals surface area contributed by atoms with Crippen LogP contribution in [0.5, 0.6) is 28.7 Å². The Kier molecular flexibility index (Phi) is 9.44. The molecular formula is C22H27NO10S3. The largest absolute Gasteiger partial charge is 0.493 e. The van der Waals surface area contributed by atoms with Crippen LogP contribution < -0.4 is 23.7 Å². The number of hydrogen-bond donors (Lipinski definition) is 0. The third-order valence-electron chi connectivity index (χ3n) is 5.12. The van der Waals surface area contributed by atoms with Crippen LogP contribution in [0.15, 0.2) is 24.3 Å². The van der Waals surface area contributed by atoms with Crippen LogP contribution in [0.25, 0.3) is 0 Å². The fourth-order valence-electron chi connectivity index (χ4n) is 3.55. The lowest BCUT2D eigenvalue weighted by Crippen LogP contribution is -2.12. The monoisotopic (exact) mass is 561 g/mol. The van der Waals surface area contributed by atoms with Crippen LogP contribution in [-0.2, 0) is 14.3 Å². The van der Waals surface area contributed by atoms with Gasteiger partial charge in [-0.1, -0.05) is 0 Å². The maximum absolute atomic E-state index is 11.8. The van der Waals surface area contributed by atoms with E-state index in [2.05, 4.69) is 4.18 Å². The average molecular weight is 562 g/mol. The van der Waals surface area contributed by atoms with E-state index in [9.17, 15) is 18.5 Å². The summed E-state index contributed by atoms with van der Waals surface area (Å²) in [6, 6.07) is 6.96. The van der Waals surface area contributed by atoms with Crippen molar-refractivity contribution < 1.29 is 41.2 Å². The molecule has 36 heavy (non-hydrogen) atoms. The number of benzene rings is 2. The van der Waals surface area contributed by atoms with E-state index in [0.29, 0.717) is 22.8 Å². The minimum atomic E-state index is -3.65. The maximum atomic E-state index is 11.8. The number of nitro groups is 1. The van der Waals surface area contributed by atoms with Crippen molar-refractivity contribution in [1.29, 1.82) is 0 Å². The van der Waals surface area contributed by atoms with E-state index >= 15 is 0 Å². The Morgan fingerprint density at radius 3 is 2.03 bits per heavy atom. The molecule has 0 spiro atoms. The second kappa shape index (κ2) is 12.1. The lowest BCUT2D eigenvalue weighted by Gasteiger charge is -2.17. The quantitative estimate of drug-likeness (QED) is 0.159. The van der Waals surface area contributed by atoms with Gasteiger partial charge in [-0.05, 0) is 29.3 Å². The minimum absolute atomic E-state index is 0.0721. The standard InChI is InChI=1S/C22H27NO10S3/c1-28-16-11-14(8-15(23(24)25)20(16)32-6-7-33-36(5,26)27)22-34-12-19(35-22)13-9-17(29-2)21(31-4)18(10-13)30-3/h8-11,19,22H,6-7,12H2,1-5H3. The van der Waals surface area contributed by atoms with Crippen molar-refractivity contribution in [3.05, 3.63) is 45.5 Å². The van der Waals surface area contributed by atoms with Gasteiger partial charge in [0.15, 0.2) is 17.2 Å². The second-order valence-electron chi connectivity index (χ2n) is 7.45. The first-order valence-corrected chi connectivity index (χ1v) is 14.3. The van der Waals surface area contributed by atoms with E-state index in [0.717, 1.165) is 17.6 Å². The molecule has 0 aromatic heterocycles. The van der Waals surface area contributed by atoms with Gasteiger partial charge in [0.25, 0.3) is 10.1 Å². The summed E-state index contributed by atoms with van der Waals surface area (Å²) in [6.45, 7) is -0.495. The Morgan fingerprint density at radius 2 is 1.50 bits per heavy atom. The van der Waals surface area contributed by atoms with Crippen molar-refractivity contribution in [1.82, 2.24) is 0 Å². The van der Waals surface area contributed by atoms with Crippen molar-refractivity contribution in [2.45, 2.75) is 9.83 Å². The maximum Gasteiger partial charge on any atom is 0.315 e. The molecule has 0 bridgehead atoms. The molecule has 2 aromatic carbocycles. The second-order valence-corrected chi connectivity index (χ2v) is 11.8. The molecule has 0 amide bonds. The third-order valence-corrected chi connectivity index (χ3v) is 9.05. The molecule has 14 heteroatoms. The van der Waals surface area contributed by atoms with Gasteiger partial charge >= 0.3 is 5.69 Å². The fraction of sp³-hybridized carbons (Fsp3) is 0.455. The molecule has 0 aliphatic carbocycles. The van der Waals surface area contributed by atoms with Crippen LogP contribution in [0.3, 0.4) is 0 Å². The summed E-state index contributed by atoms with van der Waals surface area (Å²) in [5.41, 5.74) is 1.40. The van der Waals surface area contributed by atoms with Gasteiger partial charge in [-0.25, -0.2) is 0 Å². The van der Waals surface area contributed by atoms with Gasteiger partial charge in [0, 0.05) is 17.1 Å². The van der Waals surface area contributed by atoms with Crippen molar-refractivity contribution in [3.63, 3.8) is 0 Å². The highest BCUT2D eigenvalue weighted by Crippen LogP contribution is 2.58. The molecule has 198 valence electrons. The van der Waals surface area contributed by atoms with Crippen LogP contribution in [-0.4, -0.2) is 67.0 Å². The molecule has 0 saturated carbocycles. The topological polar surface area (TPSA) is 133 Å². The van der Waals surface area contributed by atoms with Gasteiger partial charge < -0.3 is 23.7 Å². The Bertz CT molecular complexity index is 1180. The number of ether oxygens (including phenoxy) is 5. The van der Waals surface area contributed by atoms with Gasteiger partial charge in [-0.2, -0.15) is 8.42 Å². The van der Waals surface area contributed by atoms with Gasteiger partial charge in [-0.3, -0.25) is 14.3 Å². The molecule has 1 saturated heterocycles. The minimum Gasteiger partial charge on any atom is -0.493 e. The lowest BCUT2D eigenvalue weighted by molar-refractivity contribution is -0.386. The number of rotatable bonds is 12. The molecule has 1 aliphatic heterocycles. The van der Waals surface area contributed by atoms with Crippen LogP contribution in [0.1, 0.15) is 21.0 Å². The Hall–Kier alpha value is -2.55. The number of thioether (sulfide) groups is 2. The summed E-state index contributed by atoms with van der Waals surface area (Å²) in [7, 11) is 2.39. The number of hydrogen-bond acceptors (Lipinski definition) is 12. The lowest BCUT2D eigenvalue weighted by atomic mass is 10.1. The van der Waals surface area contributed by atoms with Crippen LogP contribution in [0.2, 0.25) is 0 Å². The highest BCUT2D eigenvalue weighted by atomic mass is 32.2. The zero-order chi connectivity index (χ0) is 26.5.